The number of carboxylic acid groups (broad SMARTS) is 1. The second kappa shape index (κ2) is 6.40. The predicted octanol–water partition coefficient (Wildman–Crippen LogP) is 2.43. The van der Waals surface area contributed by atoms with Gasteiger partial charge in [-0.3, -0.25) is 0 Å². The number of rotatable bonds is 7. The van der Waals surface area contributed by atoms with Crippen molar-refractivity contribution in [1.82, 2.24) is 5.32 Å². The highest BCUT2D eigenvalue weighted by molar-refractivity contribution is 5.68. The number of nitrogens with one attached hydrogen (secondary N) is 1. The van der Waals surface area contributed by atoms with Crippen LogP contribution < -0.4 is 10.1 Å². The van der Waals surface area contributed by atoms with Gasteiger partial charge in [0.25, 0.3) is 0 Å². The number of benzene rings is 1. The lowest BCUT2D eigenvalue weighted by molar-refractivity contribution is -0.139. The van der Waals surface area contributed by atoms with Crippen LogP contribution in [0.1, 0.15) is 32.8 Å². The normalized spacial score (nSPS) is 11.3. The van der Waals surface area contributed by atoms with Gasteiger partial charge in [-0.25, -0.2) is 4.79 Å². The first kappa shape index (κ1) is 14.5. The van der Waals surface area contributed by atoms with E-state index < -0.39 is 5.97 Å². The minimum atomic E-state index is -0.966. The van der Waals surface area contributed by atoms with E-state index in [0.717, 1.165) is 12.0 Å². The molecular formula is C14H21NO3. The van der Waals surface area contributed by atoms with Gasteiger partial charge in [-0.15, -0.1) is 0 Å². The Bertz CT molecular complexity index is 402. The van der Waals surface area contributed by atoms with Gasteiger partial charge in [0.05, 0.1) is 0 Å². The number of para-hydroxylation sites is 1. The van der Waals surface area contributed by atoms with Crippen LogP contribution >= 0.6 is 0 Å². The van der Waals surface area contributed by atoms with Gasteiger partial charge in [0.1, 0.15) is 5.75 Å². The lowest BCUT2D eigenvalue weighted by Gasteiger charge is -2.25. The Balaban J connectivity index is 2.67. The molecule has 100 valence electrons. The quantitative estimate of drug-likeness (QED) is 0.781. The van der Waals surface area contributed by atoms with Crippen LogP contribution in [0.25, 0.3) is 0 Å². The molecule has 0 unspecified atom stereocenters. The number of carboxylic acids is 1. The Kier molecular flexibility index (Phi) is 5.16. The van der Waals surface area contributed by atoms with Crippen molar-refractivity contribution in [2.45, 2.75) is 39.3 Å². The summed E-state index contributed by atoms with van der Waals surface area (Å²) in [5.74, 6) is -0.342. The van der Waals surface area contributed by atoms with Crippen LogP contribution in [-0.4, -0.2) is 23.2 Å². The summed E-state index contributed by atoms with van der Waals surface area (Å²) in [6, 6.07) is 7.49. The Morgan fingerprint density at radius 2 is 2.06 bits per heavy atom. The Morgan fingerprint density at radius 1 is 1.39 bits per heavy atom. The van der Waals surface area contributed by atoms with Gasteiger partial charge < -0.3 is 15.2 Å². The minimum Gasteiger partial charge on any atom is -0.482 e. The van der Waals surface area contributed by atoms with Gasteiger partial charge in [0.2, 0.25) is 0 Å². The number of carbonyl (C=O) groups is 1. The van der Waals surface area contributed by atoms with Gasteiger partial charge in [-0.1, -0.05) is 25.1 Å². The van der Waals surface area contributed by atoms with Gasteiger partial charge in [0, 0.05) is 17.6 Å². The van der Waals surface area contributed by atoms with Crippen LogP contribution in [0.15, 0.2) is 24.3 Å². The first-order valence-corrected chi connectivity index (χ1v) is 6.12. The summed E-state index contributed by atoms with van der Waals surface area (Å²) in [6.07, 6.45) is 1.02. The van der Waals surface area contributed by atoms with Gasteiger partial charge in [-0.2, -0.15) is 0 Å². The largest absolute Gasteiger partial charge is 0.482 e. The van der Waals surface area contributed by atoms with E-state index in [4.69, 9.17) is 9.84 Å². The monoisotopic (exact) mass is 251 g/mol. The molecule has 0 amide bonds. The molecule has 0 spiro atoms. The summed E-state index contributed by atoms with van der Waals surface area (Å²) in [4.78, 5) is 10.5. The predicted molar refractivity (Wildman–Crippen MR) is 70.8 cm³/mol. The molecule has 4 nitrogen and oxygen atoms in total. The average Bonchev–Trinajstić information content (AvgIpc) is 2.35. The lowest BCUT2D eigenvalue weighted by Crippen LogP contribution is -2.37. The van der Waals surface area contributed by atoms with E-state index in [1.165, 1.54) is 0 Å². The van der Waals surface area contributed by atoms with Crippen molar-refractivity contribution >= 4 is 5.97 Å². The zero-order chi connectivity index (χ0) is 13.6. The molecule has 0 radical (unpaired) electrons. The average molecular weight is 251 g/mol. The third kappa shape index (κ3) is 4.75. The molecule has 0 heterocycles. The maximum atomic E-state index is 10.5. The molecule has 0 aliphatic heterocycles. The molecule has 0 aliphatic carbocycles. The van der Waals surface area contributed by atoms with Crippen molar-refractivity contribution in [1.29, 1.82) is 0 Å². The molecule has 0 bridgehead atoms. The van der Waals surface area contributed by atoms with E-state index >= 15 is 0 Å². The summed E-state index contributed by atoms with van der Waals surface area (Å²) in [5.41, 5.74) is 1.03. The van der Waals surface area contributed by atoms with E-state index in [9.17, 15) is 4.79 Å². The minimum absolute atomic E-state index is 0.0555. The molecule has 1 aromatic rings. The number of aliphatic carboxylic acids is 1. The summed E-state index contributed by atoms with van der Waals surface area (Å²) in [6.45, 7) is 6.74. The van der Waals surface area contributed by atoms with E-state index in [0.29, 0.717) is 12.3 Å². The van der Waals surface area contributed by atoms with Crippen molar-refractivity contribution in [3.05, 3.63) is 29.8 Å². The van der Waals surface area contributed by atoms with Crippen LogP contribution in [0.2, 0.25) is 0 Å². The van der Waals surface area contributed by atoms with Crippen molar-refractivity contribution in [3.63, 3.8) is 0 Å². The molecule has 0 aliphatic rings. The van der Waals surface area contributed by atoms with E-state index in [2.05, 4.69) is 26.1 Å². The standard InChI is InChI=1S/C14H21NO3/c1-4-14(2,3)15-9-11-7-5-6-8-12(11)18-10-13(16)17/h5-8,15H,4,9-10H2,1-3H3,(H,16,17). The topological polar surface area (TPSA) is 58.6 Å². The number of hydrogen-bond donors (Lipinski definition) is 2. The van der Waals surface area contributed by atoms with Crippen LogP contribution in [0.4, 0.5) is 0 Å². The first-order chi connectivity index (χ1) is 8.44. The molecule has 1 aromatic carbocycles. The number of ether oxygens (including phenoxy) is 1. The van der Waals surface area contributed by atoms with Crippen molar-refractivity contribution in [2.24, 2.45) is 0 Å². The van der Waals surface area contributed by atoms with Crippen molar-refractivity contribution in [3.8, 4) is 5.75 Å². The van der Waals surface area contributed by atoms with Gasteiger partial charge in [0.15, 0.2) is 6.61 Å². The summed E-state index contributed by atoms with van der Waals surface area (Å²) < 4.78 is 5.26. The molecular weight excluding hydrogens is 230 g/mol. The van der Waals surface area contributed by atoms with Gasteiger partial charge in [-0.05, 0) is 26.3 Å². The Morgan fingerprint density at radius 3 is 2.67 bits per heavy atom. The fourth-order valence-corrected chi connectivity index (χ4v) is 1.39. The van der Waals surface area contributed by atoms with Gasteiger partial charge >= 0.3 is 5.97 Å². The molecule has 0 aromatic heterocycles. The summed E-state index contributed by atoms with van der Waals surface area (Å²) in [5, 5.41) is 12.0. The second-order valence-electron chi connectivity index (χ2n) is 4.88. The molecule has 0 saturated carbocycles. The highest BCUT2D eigenvalue weighted by atomic mass is 16.5. The zero-order valence-corrected chi connectivity index (χ0v) is 11.2. The molecule has 2 N–H and O–H groups in total. The van der Waals surface area contributed by atoms with Crippen molar-refractivity contribution < 1.29 is 14.6 Å². The summed E-state index contributed by atoms with van der Waals surface area (Å²) >= 11 is 0. The van der Waals surface area contributed by atoms with Crippen LogP contribution in [0.5, 0.6) is 5.75 Å². The zero-order valence-electron chi connectivity index (χ0n) is 11.2. The molecule has 4 heteroatoms. The second-order valence-corrected chi connectivity index (χ2v) is 4.88. The highest BCUT2D eigenvalue weighted by Gasteiger charge is 2.14. The Labute approximate surface area is 108 Å². The van der Waals surface area contributed by atoms with Crippen LogP contribution in [-0.2, 0) is 11.3 Å². The highest BCUT2D eigenvalue weighted by Crippen LogP contribution is 2.19. The molecule has 1 rings (SSSR count). The fourth-order valence-electron chi connectivity index (χ4n) is 1.39. The third-order valence-electron chi connectivity index (χ3n) is 2.97. The SMILES string of the molecule is CCC(C)(C)NCc1ccccc1OCC(=O)O. The van der Waals surface area contributed by atoms with E-state index in [-0.39, 0.29) is 12.1 Å². The van der Waals surface area contributed by atoms with E-state index in [1.54, 1.807) is 6.07 Å². The first-order valence-electron chi connectivity index (χ1n) is 6.12. The van der Waals surface area contributed by atoms with Crippen LogP contribution in [0.3, 0.4) is 0 Å². The fraction of sp³-hybridized carbons (Fsp3) is 0.500. The summed E-state index contributed by atoms with van der Waals surface area (Å²) in [7, 11) is 0. The van der Waals surface area contributed by atoms with Crippen LogP contribution in [0, 0.1) is 0 Å². The maximum Gasteiger partial charge on any atom is 0.341 e. The lowest BCUT2D eigenvalue weighted by atomic mass is 10.0. The Hall–Kier alpha value is -1.55. The number of hydrogen-bond acceptors (Lipinski definition) is 3. The maximum absolute atomic E-state index is 10.5. The van der Waals surface area contributed by atoms with Crippen molar-refractivity contribution in [2.75, 3.05) is 6.61 Å². The molecule has 0 saturated heterocycles. The molecule has 0 atom stereocenters. The molecule has 18 heavy (non-hydrogen) atoms. The smallest absolute Gasteiger partial charge is 0.341 e. The molecule has 0 fully saturated rings. The third-order valence-corrected chi connectivity index (χ3v) is 2.97. The van der Waals surface area contributed by atoms with E-state index in [1.807, 2.05) is 18.2 Å².